The van der Waals surface area contributed by atoms with Crippen LogP contribution in [0.25, 0.3) is 5.65 Å². The Morgan fingerprint density at radius 2 is 2.17 bits per heavy atom. The van der Waals surface area contributed by atoms with Crippen molar-refractivity contribution < 1.29 is 0 Å². The van der Waals surface area contributed by atoms with E-state index in [4.69, 9.17) is 5.73 Å². The molecule has 6 nitrogen and oxygen atoms in total. The molecular weight excluding hydrogens is 228 g/mol. The predicted molar refractivity (Wildman–Crippen MR) is 71.2 cm³/mol. The van der Waals surface area contributed by atoms with Crippen LogP contribution in [0.15, 0.2) is 29.4 Å². The molecule has 0 aliphatic carbocycles. The summed E-state index contributed by atoms with van der Waals surface area (Å²) >= 11 is 0. The monoisotopic (exact) mass is 246 g/mol. The van der Waals surface area contributed by atoms with Crippen molar-refractivity contribution in [3.8, 4) is 0 Å². The summed E-state index contributed by atoms with van der Waals surface area (Å²) in [5.41, 5.74) is 6.52. The average Bonchev–Trinajstić information content (AvgIpc) is 2.67. The van der Waals surface area contributed by atoms with Crippen molar-refractivity contribution in [1.29, 1.82) is 0 Å². The van der Waals surface area contributed by atoms with E-state index in [-0.39, 0.29) is 5.54 Å². The van der Waals surface area contributed by atoms with Crippen LogP contribution in [0.1, 0.15) is 26.6 Å². The number of fused-ring (bicyclic) bond motifs is 1. The van der Waals surface area contributed by atoms with Gasteiger partial charge in [0.1, 0.15) is 6.54 Å². The van der Waals surface area contributed by atoms with Crippen LogP contribution in [-0.2, 0) is 6.54 Å². The number of hydrogen-bond donors (Lipinski definition) is 2. The van der Waals surface area contributed by atoms with Gasteiger partial charge in [-0.15, -0.1) is 10.2 Å². The molecule has 2 aromatic rings. The smallest absolute Gasteiger partial charge is 0.189 e. The molecule has 0 radical (unpaired) electrons. The van der Waals surface area contributed by atoms with Crippen LogP contribution in [0, 0.1) is 0 Å². The van der Waals surface area contributed by atoms with E-state index in [1.165, 1.54) is 0 Å². The molecule has 0 aliphatic rings. The van der Waals surface area contributed by atoms with Crippen LogP contribution in [0.5, 0.6) is 0 Å². The number of aliphatic imine (C=N–C) groups is 1. The summed E-state index contributed by atoms with van der Waals surface area (Å²) in [4.78, 5) is 4.26. The minimum atomic E-state index is -0.0967. The summed E-state index contributed by atoms with van der Waals surface area (Å²) in [6.45, 7) is 6.49. The normalized spacial score (nSPS) is 12.9. The predicted octanol–water partition coefficient (Wildman–Crippen LogP) is 0.932. The number of nitrogens with zero attached hydrogens (tertiary/aromatic N) is 4. The molecule has 2 rings (SSSR count). The van der Waals surface area contributed by atoms with E-state index in [1.54, 1.807) is 0 Å². The van der Waals surface area contributed by atoms with E-state index in [0.29, 0.717) is 12.5 Å². The van der Waals surface area contributed by atoms with Gasteiger partial charge in [-0.2, -0.15) is 0 Å². The highest BCUT2D eigenvalue weighted by Crippen LogP contribution is 2.04. The Labute approximate surface area is 106 Å². The zero-order valence-electron chi connectivity index (χ0n) is 10.9. The molecule has 18 heavy (non-hydrogen) atoms. The summed E-state index contributed by atoms with van der Waals surface area (Å²) in [6.07, 6.45) is 1.91. The SMILES string of the molecule is CC(C)(C)NC(N)=NCc1nnc2ccccn12. The molecule has 2 heterocycles. The molecule has 0 amide bonds. The molecule has 3 N–H and O–H groups in total. The van der Waals surface area contributed by atoms with Gasteiger partial charge in [0.05, 0.1) is 0 Å². The fourth-order valence-electron chi connectivity index (χ4n) is 1.58. The van der Waals surface area contributed by atoms with Crippen molar-refractivity contribution in [2.75, 3.05) is 0 Å². The number of rotatable bonds is 2. The third-order valence-electron chi connectivity index (χ3n) is 2.28. The van der Waals surface area contributed by atoms with Crippen molar-refractivity contribution in [2.45, 2.75) is 32.9 Å². The lowest BCUT2D eigenvalue weighted by Crippen LogP contribution is -2.45. The Hall–Kier alpha value is -2.11. The zero-order valence-corrected chi connectivity index (χ0v) is 10.9. The first kappa shape index (κ1) is 12.3. The molecule has 0 fully saturated rings. The summed E-state index contributed by atoms with van der Waals surface area (Å²) in [5.74, 6) is 1.18. The van der Waals surface area contributed by atoms with Gasteiger partial charge in [0, 0.05) is 11.7 Å². The van der Waals surface area contributed by atoms with Crippen LogP contribution in [-0.4, -0.2) is 26.1 Å². The van der Waals surface area contributed by atoms with Gasteiger partial charge in [-0.1, -0.05) is 6.07 Å². The molecule has 0 spiro atoms. The summed E-state index contributed by atoms with van der Waals surface area (Å²) in [5, 5.41) is 11.2. The molecule has 2 aromatic heterocycles. The van der Waals surface area contributed by atoms with Gasteiger partial charge in [0.15, 0.2) is 17.4 Å². The highest BCUT2D eigenvalue weighted by Gasteiger charge is 2.10. The number of hydrogen-bond acceptors (Lipinski definition) is 3. The first-order valence-electron chi connectivity index (χ1n) is 5.82. The number of nitrogens with one attached hydrogen (secondary N) is 1. The molecule has 0 unspecified atom stereocenters. The fourth-order valence-corrected chi connectivity index (χ4v) is 1.58. The van der Waals surface area contributed by atoms with Gasteiger partial charge < -0.3 is 11.1 Å². The minimum Gasteiger partial charge on any atom is -0.370 e. The van der Waals surface area contributed by atoms with E-state index in [0.717, 1.165) is 11.5 Å². The van der Waals surface area contributed by atoms with Crippen LogP contribution < -0.4 is 11.1 Å². The van der Waals surface area contributed by atoms with Crippen molar-refractivity contribution in [2.24, 2.45) is 10.7 Å². The third kappa shape index (κ3) is 2.97. The van der Waals surface area contributed by atoms with E-state index < -0.39 is 0 Å². The van der Waals surface area contributed by atoms with Crippen molar-refractivity contribution in [3.63, 3.8) is 0 Å². The second-order valence-corrected chi connectivity index (χ2v) is 5.12. The molecule has 0 aromatic carbocycles. The molecule has 0 saturated heterocycles. The first-order chi connectivity index (χ1) is 8.46. The number of guanidine groups is 1. The molecule has 0 saturated carbocycles. The van der Waals surface area contributed by atoms with E-state index in [9.17, 15) is 0 Å². The average molecular weight is 246 g/mol. The van der Waals surface area contributed by atoms with Gasteiger partial charge in [0.2, 0.25) is 0 Å². The second-order valence-electron chi connectivity index (χ2n) is 5.12. The Morgan fingerprint density at radius 1 is 1.39 bits per heavy atom. The highest BCUT2D eigenvalue weighted by atomic mass is 15.3. The van der Waals surface area contributed by atoms with Gasteiger partial charge >= 0.3 is 0 Å². The van der Waals surface area contributed by atoms with E-state index >= 15 is 0 Å². The minimum absolute atomic E-state index is 0.0967. The van der Waals surface area contributed by atoms with Gasteiger partial charge in [0.25, 0.3) is 0 Å². The molecule has 0 aliphatic heterocycles. The quantitative estimate of drug-likeness (QED) is 0.610. The third-order valence-corrected chi connectivity index (χ3v) is 2.28. The largest absolute Gasteiger partial charge is 0.370 e. The fraction of sp³-hybridized carbons (Fsp3) is 0.417. The second kappa shape index (κ2) is 4.64. The molecule has 0 atom stereocenters. The Morgan fingerprint density at radius 3 is 2.89 bits per heavy atom. The van der Waals surface area contributed by atoms with Gasteiger partial charge in [-0.05, 0) is 32.9 Å². The maximum atomic E-state index is 5.80. The first-order valence-corrected chi connectivity index (χ1v) is 5.82. The Bertz CT molecular complexity index is 563. The maximum Gasteiger partial charge on any atom is 0.189 e. The molecular formula is C12H18N6. The van der Waals surface area contributed by atoms with Crippen LogP contribution in [0.2, 0.25) is 0 Å². The topological polar surface area (TPSA) is 80.6 Å². The van der Waals surface area contributed by atoms with Crippen LogP contribution in [0.4, 0.5) is 0 Å². The standard InChI is InChI=1S/C12H18N6/c1-12(2,3)15-11(13)14-8-10-17-16-9-6-4-5-7-18(9)10/h4-7H,8H2,1-3H3,(H3,13,14,15). The molecule has 0 bridgehead atoms. The van der Waals surface area contributed by atoms with Crippen LogP contribution in [0.3, 0.4) is 0 Å². The van der Waals surface area contributed by atoms with E-state index in [1.807, 2.05) is 49.6 Å². The Kier molecular flexibility index (Phi) is 3.18. The summed E-state index contributed by atoms with van der Waals surface area (Å²) < 4.78 is 1.90. The lowest BCUT2D eigenvalue weighted by atomic mass is 10.1. The number of nitrogens with two attached hydrogens (primary N) is 1. The van der Waals surface area contributed by atoms with E-state index in [2.05, 4.69) is 20.5 Å². The van der Waals surface area contributed by atoms with Gasteiger partial charge in [-0.3, -0.25) is 4.40 Å². The maximum absolute atomic E-state index is 5.80. The zero-order chi connectivity index (χ0) is 13.2. The van der Waals surface area contributed by atoms with Gasteiger partial charge in [-0.25, -0.2) is 4.99 Å². The molecule has 6 heteroatoms. The number of pyridine rings is 1. The van der Waals surface area contributed by atoms with Crippen LogP contribution >= 0.6 is 0 Å². The molecule has 96 valence electrons. The van der Waals surface area contributed by atoms with Crippen molar-refractivity contribution in [1.82, 2.24) is 19.9 Å². The van der Waals surface area contributed by atoms with Crippen molar-refractivity contribution >= 4 is 11.6 Å². The summed E-state index contributed by atoms with van der Waals surface area (Å²) in [7, 11) is 0. The Balaban J connectivity index is 2.13. The lowest BCUT2D eigenvalue weighted by Gasteiger charge is -2.20. The van der Waals surface area contributed by atoms with Crippen molar-refractivity contribution in [3.05, 3.63) is 30.2 Å². The highest BCUT2D eigenvalue weighted by molar-refractivity contribution is 5.78. The lowest BCUT2D eigenvalue weighted by molar-refractivity contribution is 0.508. The number of aromatic nitrogens is 3. The summed E-state index contributed by atoms with van der Waals surface area (Å²) in [6, 6.07) is 5.75.